The average molecular weight is 367 g/mol. The third-order valence-corrected chi connectivity index (χ3v) is 5.67. The summed E-state index contributed by atoms with van der Waals surface area (Å²) >= 11 is 6.03. The van der Waals surface area contributed by atoms with Gasteiger partial charge in [-0.05, 0) is 61.6 Å². The van der Waals surface area contributed by atoms with E-state index in [4.69, 9.17) is 16.1 Å². The first kappa shape index (κ1) is 17.3. The van der Waals surface area contributed by atoms with Gasteiger partial charge in [0.15, 0.2) is 0 Å². The van der Waals surface area contributed by atoms with Crippen molar-refractivity contribution in [3.63, 3.8) is 0 Å². The molecule has 26 heavy (non-hydrogen) atoms. The molecular weight excluding hydrogens is 344 g/mol. The number of nitrogens with zero attached hydrogens (tertiary/aromatic N) is 2. The molecule has 3 aromatic rings. The summed E-state index contributed by atoms with van der Waals surface area (Å²) in [7, 11) is 0. The van der Waals surface area contributed by atoms with E-state index in [1.165, 1.54) is 31.2 Å². The maximum Gasteiger partial charge on any atom is 0.226 e. The summed E-state index contributed by atoms with van der Waals surface area (Å²) < 4.78 is 5.44. The van der Waals surface area contributed by atoms with Gasteiger partial charge in [0, 0.05) is 17.0 Å². The molecule has 0 saturated heterocycles. The number of aryl methyl sites for hydroxylation is 1. The van der Waals surface area contributed by atoms with Gasteiger partial charge in [0.2, 0.25) is 11.7 Å². The summed E-state index contributed by atoms with van der Waals surface area (Å²) in [5.74, 6) is 2.84. The smallest absolute Gasteiger partial charge is 0.226 e. The molecule has 0 bridgehead atoms. The molecule has 0 spiro atoms. The number of hydrogen-bond donors (Lipinski definition) is 0. The summed E-state index contributed by atoms with van der Waals surface area (Å²) in [5.41, 5.74) is 2.39. The number of hydrogen-bond acceptors (Lipinski definition) is 3. The van der Waals surface area contributed by atoms with Gasteiger partial charge in [-0.15, -0.1) is 0 Å². The highest BCUT2D eigenvalue weighted by molar-refractivity contribution is 6.30. The predicted octanol–water partition coefficient (Wildman–Crippen LogP) is 6.30. The Hall–Kier alpha value is -2.13. The number of halogens is 1. The molecule has 1 fully saturated rings. The van der Waals surface area contributed by atoms with Gasteiger partial charge in [0.05, 0.1) is 0 Å². The second-order valence-corrected chi connectivity index (χ2v) is 7.63. The van der Waals surface area contributed by atoms with Gasteiger partial charge in [-0.25, -0.2) is 0 Å². The van der Waals surface area contributed by atoms with Crippen LogP contribution in [0.3, 0.4) is 0 Å². The lowest BCUT2D eigenvalue weighted by molar-refractivity contribution is 0.295. The van der Waals surface area contributed by atoms with Crippen molar-refractivity contribution in [1.29, 1.82) is 0 Å². The Morgan fingerprint density at radius 1 is 0.962 bits per heavy atom. The molecule has 134 valence electrons. The zero-order chi connectivity index (χ0) is 17.8. The van der Waals surface area contributed by atoms with Crippen LogP contribution in [0.1, 0.15) is 49.5 Å². The zero-order valence-corrected chi connectivity index (χ0v) is 15.5. The minimum absolute atomic E-state index is 0.621. The molecule has 4 rings (SSSR count). The molecule has 1 heterocycles. The van der Waals surface area contributed by atoms with E-state index in [2.05, 4.69) is 40.5 Å². The Bertz CT molecular complexity index is 838. The molecule has 1 saturated carbocycles. The first-order valence-corrected chi connectivity index (χ1v) is 9.79. The largest absolute Gasteiger partial charge is 0.339 e. The van der Waals surface area contributed by atoms with Gasteiger partial charge in [-0.3, -0.25) is 0 Å². The van der Waals surface area contributed by atoms with E-state index < -0.39 is 0 Å². The van der Waals surface area contributed by atoms with E-state index >= 15 is 0 Å². The van der Waals surface area contributed by atoms with E-state index in [0.717, 1.165) is 36.1 Å². The average Bonchev–Trinajstić information content (AvgIpc) is 3.17. The maximum absolute atomic E-state index is 6.03. The lowest BCUT2D eigenvalue weighted by Crippen LogP contribution is -2.14. The summed E-state index contributed by atoms with van der Waals surface area (Å²) in [6, 6.07) is 18.5. The molecule has 0 aliphatic heterocycles. The second kappa shape index (κ2) is 8.05. The first-order chi connectivity index (χ1) is 12.8. The van der Waals surface area contributed by atoms with E-state index in [0.29, 0.717) is 10.8 Å². The Kier molecular flexibility index (Phi) is 5.35. The summed E-state index contributed by atoms with van der Waals surface area (Å²) in [6.45, 7) is 0. The lowest BCUT2D eigenvalue weighted by Gasteiger charge is -2.28. The number of aromatic nitrogens is 2. The molecule has 0 radical (unpaired) electrons. The number of rotatable bonds is 5. The lowest BCUT2D eigenvalue weighted by atomic mass is 9.77. The molecule has 0 N–H and O–H groups in total. The Balaban J connectivity index is 1.29. The van der Waals surface area contributed by atoms with Crippen LogP contribution in [-0.2, 0) is 6.42 Å². The van der Waals surface area contributed by atoms with Crippen molar-refractivity contribution in [3.8, 4) is 11.4 Å². The normalized spacial score (nSPS) is 20.2. The Labute approximate surface area is 159 Å². The minimum atomic E-state index is 0.621. The predicted molar refractivity (Wildman–Crippen MR) is 104 cm³/mol. The fourth-order valence-electron chi connectivity index (χ4n) is 3.94. The maximum atomic E-state index is 6.03. The molecule has 1 aliphatic rings. The molecule has 4 heteroatoms. The third-order valence-electron chi connectivity index (χ3n) is 5.44. The van der Waals surface area contributed by atoms with Crippen LogP contribution < -0.4 is 0 Å². The van der Waals surface area contributed by atoms with Crippen LogP contribution in [0.4, 0.5) is 0 Å². The molecule has 0 atom stereocenters. The molecule has 0 unspecified atom stereocenters. The van der Waals surface area contributed by atoms with Crippen molar-refractivity contribution in [2.75, 3.05) is 0 Å². The summed E-state index contributed by atoms with van der Waals surface area (Å²) in [6.07, 6.45) is 7.12. The fourth-order valence-corrected chi connectivity index (χ4v) is 4.13. The van der Waals surface area contributed by atoms with E-state index in [1.807, 2.05) is 24.3 Å². The summed E-state index contributed by atoms with van der Waals surface area (Å²) in [4.78, 5) is 4.53. The molecule has 1 aromatic heterocycles. The van der Waals surface area contributed by atoms with Crippen LogP contribution in [0.15, 0.2) is 59.1 Å². The highest BCUT2D eigenvalue weighted by atomic mass is 35.5. The molecule has 3 nitrogen and oxygen atoms in total. The zero-order valence-electron chi connectivity index (χ0n) is 14.8. The van der Waals surface area contributed by atoms with Crippen molar-refractivity contribution in [1.82, 2.24) is 10.1 Å². The third kappa shape index (κ3) is 4.16. The van der Waals surface area contributed by atoms with Gasteiger partial charge in [-0.1, -0.05) is 59.2 Å². The van der Waals surface area contributed by atoms with Crippen molar-refractivity contribution in [3.05, 3.63) is 71.1 Å². The topological polar surface area (TPSA) is 38.9 Å². The van der Waals surface area contributed by atoms with Crippen molar-refractivity contribution >= 4 is 11.6 Å². The quantitative estimate of drug-likeness (QED) is 0.532. The van der Waals surface area contributed by atoms with Gasteiger partial charge in [0.25, 0.3) is 0 Å². The highest BCUT2D eigenvalue weighted by Gasteiger charge is 2.22. The van der Waals surface area contributed by atoms with Crippen LogP contribution in [0, 0.1) is 5.92 Å². The molecule has 1 aliphatic carbocycles. The molecular formula is C22H23ClN2O. The van der Waals surface area contributed by atoms with Crippen molar-refractivity contribution in [2.24, 2.45) is 5.92 Å². The van der Waals surface area contributed by atoms with E-state index in [9.17, 15) is 0 Å². The monoisotopic (exact) mass is 366 g/mol. The van der Waals surface area contributed by atoms with Gasteiger partial charge in [0.1, 0.15) is 0 Å². The van der Waals surface area contributed by atoms with Crippen LogP contribution in [0.2, 0.25) is 5.02 Å². The second-order valence-electron chi connectivity index (χ2n) is 7.19. The fraction of sp³-hybridized carbons (Fsp3) is 0.364. The number of benzene rings is 2. The van der Waals surface area contributed by atoms with E-state index in [-0.39, 0.29) is 0 Å². The highest BCUT2D eigenvalue weighted by Crippen LogP contribution is 2.37. The standard InChI is InChI=1S/C22H23ClN2O/c23-20-8-4-7-19(15-20)22-24-21(26-25-22)14-11-16-9-12-18(13-10-16)17-5-2-1-3-6-17/h1-8,15-16,18H,9-14H2. The van der Waals surface area contributed by atoms with Crippen LogP contribution in [-0.4, -0.2) is 10.1 Å². The Morgan fingerprint density at radius 3 is 2.54 bits per heavy atom. The summed E-state index contributed by atoms with van der Waals surface area (Å²) in [5, 5.41) is 4.78. The van der Waals surface area contributed by atoms with Crippen molar-refractivity contribution in [2.45, 2.75) is 44.4 Å². The van der Waals surface area contributed by atoms with Crippen LogP contribution >= 0.6 is 11.6 Å². The molecule has 2 aromatic carbocycles. The van der Waals surface area contributed by atoms with Gasteiger partial charge >= 0.3 is 0 Å². The van der Waals surface area contributed by atoms with Crippen molar-refractivity contribution < 1.29 is 4.52 Å². The van der Waals surface area contributed by atoms with Crippen LogP contribution in [0.5, 0.6) is 0 Å². The van der Waals surface area contributed by atoms with Crippen LogP contribution in [0.25, 0.3) is 11.4 Å². The minimum Gasteiger partial charge on any atom is -0.339 e. The molecule has 0 amide bonds. The Morgan fingerprint density at radius 2 is 1.77 bits per heavy atom. The first-order valence-electron chi connectivity index (χ1n) is 9.41. The van der Waals surface area contributed by atoms with Gasteiger partial charge < -0.3 is 4.52 Å². The van der Waals surface area contributed by atoms with E-state index in [1.54, 1.807) is 0 Å². The SMILES string of the molecule is Clc1cccc(-c2noc(CCC3CCC(c4ccccc4)CC3)n2)c1. The van der Waals surface area contributed by atoms with Gasteiger partial charge in [-0.2, -0.15) is 4.98 Å².